The van der Waals surface area contributed by atoms with Crippen LogP contribution in [-0.4, -0.2) is 4.33 Å². The van der Waals surface area contributed by atoms with Crippen molar-refractivity contribution < 1.29 is 4.33 Å². The molecule has 0 aliphatic rings. The van der Waals surface area contributed by atoms with Crippen LogP contribution in [0.4, 0.5) is 0 Å². The van der Waals surface area contributed by atoms with Gasteiger partial charge in [-0.15, -0.1) is 0 Å². The molecule has 0 N–H and O–H groups in total. The van der Waals surface area contributed by atoms with E-state index in [4.69, 9.17) is 11.6 Å². The van der Waals surface area contributed by atoms with Gasteiger partial charge in [0.1, 0.15) is 4.33 Å². The normalized spacial score (nSPS) is 9.55. The van der Waals surface area contributed by atoms with Crippen LogP contribution < -0.4 is 0 Å². The smallest absolute Gasteiger partial charge is 0.250 e. The molecule has 1 rings (SSSR count). The van der Waals surface area contributed by atoms with E-state index in [1.807, 2.05) is 0 Å². The van der Waals surface area contributed by atoms with E-state index in [0.29, 0.717) is 21.9 Å². The summed E-state index contributed by atoms with van der Waals surface area (Å²) in [7, 11) is 0. The van der Waals surface area contributed by atoms with Gasteiger partial charge in [0.15, 0.2) is 0 Å². The zero-order valence-electron chi connectivity index (χ0n) is 5.36. The van der Waals surface area contributed by atoms with Gasteiger partial charge in [0.2, 0.25) is 0 Å². The van der Waals surface area contributed by atoms with Crippen LogP contribution in [0.2, 0.25) is 5.02 Å². The Bertz CT molecular complexity index is 279. The van der Waals surface area contributed by atoms with Gasteiger partial charge in [0.05, 0.1) is 4.90 Å². The van der Waals surface area contributed by atoms with E-state index in [-0.39, 0.29) is 0 Å². The molecule has 0 aliphatic carbocycles. The molecule has 0 aromatic heterocycles. The lowest BCUT2D eigenvalue weighted by molar-refractivity contribution is -0.284. The first-order chi connectivity index (χ1) is 5.18. The molecule has 1 aromatic carbocycles. The molecule has 3 nitrogen and oxygen atoms in total. The molecule has 0 heterocycles. The molecular formula is C6H4ClNO2S. The van der Waals surface area contributed by atoms with E-state index in [2.05, 4.69) is 0 Å². The van der Waals surface area contributed by atoms with E-state index < -0.39 is 4.33 Å². The van der Waals surface area contributed by atoms with Crippen LogP contribution in [-0.2, 0) is 0 Å². The summed E-state index contributed by atoms with van der Waals surface area (Å²) < 4.78 is -0.467. The predicted molar refractivity (Wildman–Crippen MR) is 44.3 cm³/mol. The summed E-state index contributed by atoms with van der Waals surface area (Å²) in [5.74, 6) is 0. The molecule has 0 spiro atoms. The zero-order valence-corrected chi connectivity index (χ0v) is 6.93. The average molecular weight is 190 g/mol. The maximum atomic E-state index is 10.0. The first kappa shape index (κ1) is 8.36. The predicted octanol–water partition coefficient (Wildman–Crippen LogP) is 2.62. The lowest BCUT2D eigenvalue weighted by atomic mass is 10.4. The van der Waals surface area contributed by atoms with Crippen LogP contribution in [0.1, 0.15) is 0 Å². The Morgan fingerprint density at radius 2 is 2.27 bits per heavy atom. The van der Waals surface area contributed by atoms with Gasteiger partial charge in [-0.1, -0.05) is 17.7 Å². The molecule has 0 atom stereocenters. The van der Waals surface area contributed by atoms with Gasteiger partial charge < -0.3 is 0 Å². The molecule has 0 bridgehead atoms. The second-order valence-electron chi connectivity index (χ2n) is 1.77. The minimum absolute atomic E-state index is 0.467. The Balaban J connectivity index is 2.79. The number of benzene rings is 1. The van der Waals surface area contributed by atoms with Crippen LogP contribution in [0.25, 0.3) is 0 Å². The second-order valence-corrected chi connectivity index (χ2v) is 3.16. The van der Waals surface area contributed by atoms with Crippen molar-refractivity contribution in [3.63, 3.8) is 0 Å². The number of nitro groups is 1. The third-order valence-corrected chi connectivity index (χ3v) is 1.82. The third kappa shape index (κ3) is 2.78. The summed E-state index contributed by atoms with van der Waals surface area (Å²) in [5, 5.41) is 10.5. The molecule has 0 amide bonds. The van der Waals surface area contributed by atoms with E-state index in [1.54, 1.807) is 24.3 Å². The van der Waals surface area contributed by atoms with Crippen LogP contribution in [0.5, 0.6) is 0 Å². The third-order valence-electron chi connectivity index (χ3n) is 0.976. The molecule has 0 unspecified atom stereocenters. The molecule has 5 heteroatoms. The lowest BCUT2D eigenvalue weighted by Gasteiger charge is -1.91. The van der Waals surface area contributed by atoms with Crippen molar-refractivity contribution in [2.24, 2.45) is 0 Å². The standard InChI is InChI=1S/C6H4ClNO2S/c7-5-2-1-3-6(4-5)11-8(9)10/h1-4H. The fraction of sp³-hybridized carbons (Fsp3) is 0. The van der Waals surface area contributed by atoms with Gasteiger partial charge in [-0.25, -0.2) is 0 Å². The highest BCUT2D eigenvalue weighted by Gasteiger charge is 2.03. The Morgan fingerprint density at radius 3 is 2.82 bits per heavy atom. The number of hydrogen-bond donors (Lipinski definition) is 0. The number of halogens is 1. The van der Waals surface area contributed by atoms with Crippen molar-refractivity contribution in [2.75, 3.05) is 0 Å². The van der Waals surface area contributed by atoms with Gasteiger partial charge in [-0.3, -0.25) is 10.1 Å². The molecular weight excluding hydrogens is 186 g/mol. The fourth-order valence-corrected chi connectivity index (χ4v) is 1.36. The van der Waals surface area contributed by atoms with Crippen molar-refractivity contribution in [2.45, 2.75) is 4.90 Å². The molecule has 0 fully saturated rings. The zero-order chi connectivity index (χ0) is 8.27. The van der Waals surface area contributed by atoms with Crippen LogP contribution in [0, 0.1) is 10.1 Å². The molecule has 0 aliphatic heterocycles. The largest absolute Gasteiger partial charge is 0.265 e. The summed E-state index contributed by atoms with van der Waals surface area (Å²) >= 11 is 6.14. The molecule has 0 saturated heterocycles. The number of hydrogen-bond acceptors (Lipinski definition) is 3. The molecule has 11 heavy (non-hydrogen) atoms. The van der Waals surface area contributed by atoms with Crippen molar-refractivity contribution in [3.05, 3.63) is 39.4 Å². The quantitative estimate of drug-likeness (QED) is 0.408. The highest BCUT2D eigenvalue weighted by Crippen LogP contribution is 2.21. The summed E-state index contributed by atoms with van der Waals surface area (Å²) in [6, 6.07) is 6.54. The summed E-state index contributed by atoms with van der Waals surface area (Å²) in [6.45, 7) is 0. The lowest BCUT2D eigenvalue weighted by Crippen LogP contribution is -1.81. The van der Waals surface area contributed by atoms with Crippen molar-refractivity contribution >= 4 is 23.5 Å². The van der Waals surface area contributed by atoms with Gasteiger partial charge in [0.25, 0.3) is 11.9 Å². The summed E-state index contributed by atoms with van der Waals surface area (Å²) in [4.78, 5) is 10.5. The highest BCUT2D eigenvalue weighted by atomic mass is 35.5. The maximum Gasteiger partial charge on any atom is 0.265 e. The van der Waals surface area contributed by atoms with Gasteiger partial charge in [-0.2, -0.15) is 0 Å². The van der Waals surface area contributed by atoms with E-state index >= 15 is 0 Å². The monoisotopic (exact) mass is 189 g/mol. The molecule has 0 saturated carbocycles. The van der Waals surface area contributed by atoms with Gasteiger partial charge in [0, 0.05) is 5.02 Å². The first-order valence-corrected chi connectivity index (χ1v) is 3.91. The molecule has 1 aromatic rings. The average Bonchev–Trinajstić information content (AvgIpc) is 1.85. The number of rotatable bonds is 2. The first-order valence-electron chi connectivity index (χ1n) is 2.76. The SMILES string of the molecule is O=[N+]([O-])Sc1cccc(Cl)c1. The second kappa shape index (κ2) is 3.59. The summed E-state index contributed by atoms with van der Waals surface area (Å²) in [5.41, 5.74) is 0. The summed E-state index contributed by atoms with van der Waals surface area (Å²) in [6.07, 6.45) is 0. The van der Waals surface area contributed by atoms with Crippen molar-refractivity contribution in [3.8, 4) is 0 Å². The van der Waals surface area contributed by atoms with Gasteiger partial charge >= 0.3 is 0 Å². The van der Waals surface area contributed by atoms with Crippen LogP contribution >= 0.6 is 23.5 Å². The van der Waals surface area contributed by atoms with Gasteiger partial charge in [-0.05, 0) is 18.2 Å². The Kier molecular flexibility index (Phi) is 2.73. The topological polar surface area (TPSA) is 43.1 Å². The Labute approximate surface area is 72.6 Å². The molecule has 0 radical (unpaired) electrons. The molecule has 58 valence electrons. The van der Waals surface area contributed by atoms with E-state index in [1.165, 1.54) is 0 Å². The van der Waals surface area contributed by atoms with Crippen molar-refractivity contribution in [1.29, 1.82) is 0 Å². The fourth-order valence-electron chi connectivity index (χ4n) is 0.610. The number of nitrogens with zero attached hydrogens (tertiary/aromatic N) is 1. The van der Waals surface area contributed by atoms with E-state index in [0.717, 1.165) is 0 Å². The minimum atomic E-state index is -0.467. The maximum absolute atomic E-state index is 10.0. The van der Waals surface area contributed by atoms with E-state index in [9.17, 15) is 10.1 Å². The van der Waals surface area contributed by atoms with Crippen LogP contribution in [0.3, 0.4) is 0 Å². The van der Waals surface area contributed by atoms with Crippen molar-refractivity contribution in [1.82, 2.24) is 0 Å². The van der Waals surface area contributed by atoms with Crippen LogP contribution in [0.15, 0.2) is 29.2 Å². The Hall–Kier alpha value is -0.740. The highest BCUT2D eigenvalue weighted by molar-refractivity contribution is 7.93. The Morgan fingerprint density at radius 1 is 1.55 bits per heavy atom. The minimum Gasteiger partial charge on any atom is -0.250 e.